The van der Waals surface area contributed by atoms with Gasteiger partial charge in [-0.25, -0.2) is 0 Å². The maximum atomic E-state index is 11.6. The molecule has 0 aliphatic heterocycles. The average molecular weight is 270 g/mol. The lowest BCUT2D eigenvalue weighted by molar-refractivity contribution is -0.177. The zero-order valence-electron chi connectivity index (χ0n) is 12.9. The van der Waals surface area contributed by atoms with E-state index in [0.717, 1.165) is 18.8 Å². The van der Waals surface area contributed by atoms with Gasteiger partial charge in [0.05, 0.1) is 6.10 Å². The Balaban J connectivity index is 2.42. The molecule has 3 heteroatoms. The average Bonchev–Trinajstić information content (AvgIpc) is 2.35. The summed E-state index contributed by atoms with van der Waals surface area (Å²) in [6.07, 6.45) is 5.14. The van der Waals surface area contributed by atoms with Gasteiger partial charge in [-0.1, -0.05) is 40.0 Å². The zero-order valence-corrected chi connectivity index (χ0v) is 12.9. The molecule has 1 aliphatic carbocycles. The van der Waals surface area contributed by atoms with Crippen LogP contribution in [0.2, 0.25) is 0 Å². The summed E-state index contributed by atoms with van der Waals surface area (Å²) in [6.45, 7) is 9.15. The molecule has 0 aromatic heterocycles. The van der Waals surface area contributed by atoms with E-state index in [0.29, 0.717) is 25.4 Å². The Morgan fingerprint density at radius 1 is 1.32 bits per heavy atom. The number of carbonyl (C=O) groups excluding carboxylic acids is 1. The predicted octanol–water partition coefficient (Wildman–Crippen LogP) is 3.34. The monoisotopic (exact) mass is 270 g/mol. The van der Waals surface area contributed by atoms with Crippen LogP contribution < -0.4 is 0 Å². The van der Waals surface area contributed by atoms with Crippen molar-refractivity contribution in [1.29, 1.82) is 0 Å². The molecule has 0 aromatic rings. The first kappa shape index (κ1) is 16.6. The summed E-state index contributed by atoms with van der Waals surface area (Å²) >= 11 is 0. The number of Topliss-reactive ketones (excluding diaryl/α,β-unsaturated/α-hetero) is 1. The number of ether oxygens (including phenoxy) is 1. The first-order valence-corrected chi connectivity index (χ1v) is 7.77. The summed E-state index contributed by atoms with van der Waals surface area (Å²) in [6, 6.07) is 0. The van der Waals surface area contributed by atoms with Crippen molar-refractivity contribution in [2.45, 2.75) is 77.9 Å². The molecule has 1 aliphatic rings. The first-order valence-electron chi connectivity index (χ1n) is 7.77. The van der Waals surface area contributed by atoms with E-state index >= 15 is 0 Å². The highest BCUT2D eigenvalue weighted by Crippen LogP contribution is 2.36. The molecule has 3 unspecified atom stereocenters. The maximum Gasteiger partial charge on any atom is 0.167 e. The lowest BCUT2D eigenvalue weighted by Crippen LogP contribution is -2.58. The van der Waals surface area contributed by atoms with Crippen LogP contribution in [0, 0.1) is 11.8 Å². The third kappa shape index (κ3) is 4.57. The summed E-state index contributed by atoms with van der Waals surface area (Å²) in [7, 11) is 0. The smallest absolute Gasteiger partial charge is 0.167 e. The van der Waals surface area contributed by atoms with Gasteiger partial charge in [0.15, 0.2) is 5.78 Å². The highest BCUT2D eigenvalue weighted by atomic mass is 16.5. The van der Waals surface area contributed by atoms with Crippen LogP contribution in [0.1, 0.15) is 66.2 Å². The molecule has 3 atom stereocenters. The normalized spacial score (nSPS) is 26.3. The number of rotatable bonds is 9. The molecule has 19 heavy (non-hydrogen) atoms. The minimum absolute atomic E-state index is 0.0414. The van der Waals surface area contributed by atoms with Gasteiger partial charge in [-0.05, 0) is 31.6 Å². The summed E-state index contributed by atoms with van der Waals surface area (Å²) in [5, 5.41) is 10.4. The summed E-state index contributed by atoms with van der Waals surface area (Å²) < 4.78 is 5.65. The van der Waals surface area contributed by atoms with E-state index in [-0.39, 0.29) is 11.9 Å². The Labute approximate surface area is 117 Å². The van der Waals surface area contributed by atoms with Gasteiger partial charge in [-0.15, -0.1) is 0 Å². The van der Waals surface area contributed by atoms with Gasteiger partial charge in [0.25, 0.3) is 0 Å². The van der Waals surface area contributed by atoms with E-state index in [4.69, 9.17) is 4.74 Å². The molecule has 0 radical (unpaired) electrons. The molecule has 0 amide bonds. The second kappa shape index (κ2) is 7.39. The van der Waals surface area contributed by atoms with Crippen LogP contribution in [0.4, 0.5) is 0 Å². The largest absolute Gasteiger partial charge is 0.379 e. The van der Waals surface area contributed by atoms with Crippen molar-refractivity contribution in [2.24, 2.45) is 11.8 Å². The minimum Gasteiger partial charge on any atom is -0.379 e. The molecular weight excluding hydrogens is 240 g/mol. The fourth-order valence-corrected chi connectivity index (χ4v) is 2.78. The van der Waals surface area contributed by atoms with Crippen molar-refractivity contribution >= 4 is 5.78 Å². The van der Waals surface area contributed by atoms with Gasteiger partial charge < -0.3 is 9.84 Å². The zero-order chi connectivity index (χ0) is 14.5. The molecule has 1 N–H and O–H groups in total. The standard InChI is InChI=1S/C16H30O3/c1-5-19-15(16(18)10-9-14(16)17)11-13(4)8-6-7-12(2)3/h12-13,15,18H,5-11H2,1-4H3. The second-order valence-electron chi connectivity index (χ2n) is 6.46. The van der Waals surface area contributed by atoms with Gasteiger partial charge in [-0.2, -0.15) is 0 Å². The van der Waals surface area contributed by atoms with Crippen LogP contribution in [0.25, 0.3) is 0 Å². The fraction of sp³-hybridized carbons (Fsp3) is 0.938. The van der Waals surface area contributed by atoms with Crippen LogP contribution >= 0.6 is 0 Å². The molecule has 0 bridgehead atoms. The lowest BCUT2D eigenvalue weighted by atomic mass is 9.72. The molecule has 112 valence electrons. The number of hydrogen-bond acceptors (Lipinski definition) is 3. The molecule has 0 saturated heterocycles. The molecule has 0 aromatic carbocycles. The molecule has 1 fully saturated rings. The van der Waals surface area contributed by atoms with Gasteiger partial charge in [0, 0.05) is 13.0 Å². The minimum atomic E-state index is -1.19. The Kier molecular flexibility index (Phi) is 6.48. The van der Waals surface area contributed by atoms with Crippen molar-refractivity contribution < 1.29 is 14.6 Å². The van der Waals surface area contributed by atoms with Crippen molar-refractivity contribution in [1.82, 2.24) is 0 Å². The van der Waals surface area contributed by atoms with Crippen LogP contribution in [-0.4, -0.2) is 29.2 Å². The number of aliphatic hydroxyl groups is 1. The van der Waals surface area contributed by atoms with E-state index in [1.54, 1.807) is 0 Å². The van der Waals surface area contributed by atoms with Crippen LogP contribution in [0.15, 0.2) is 0 Å². The Hall–Kier alpha value is -0.410. The van der Waals surface area contributed by atoms with Crippen LogP contribution in [0.3, 0.4) is 0 Å². The summed E-state index contributed by atoms with van der Waals surface area (Å²) in [4.78, 5) is 11.6. The summed E-state index contributed by atoms with van der Waals surface area (Å²) in [5.41, 5.74) is -1.19. The quantitative estimate of drug-likeness (QED) is 0.699. The van der Waals surface area contributed by atoms with E-state index in [2.05, 4.69) is 20.8 Å². The Morgan fingerprint density at radius 3 is 2.42 bits per heavy atom. The van der Waals surface area contributed by atoms with Crippen LogP contribution in [-0.2, 0) is 9.53 Å². The van der Waals surface area contributed by atoms with Gasteiger partial charge in [0.1, 0.15) is 5.60 Å². The number of ketones is 1. The lowest BCUT2D eigenvalue weighted by Gasteiger charge is -2.41. The number of hydrogen-bond donors (Lipinski definition) is 1. The molecule has 1 rings (SSSR count). The van der Waals surface area contributed by atoms with Crippen molar-refractivity contribution in [2.75, 3.05) is 6.61 Å². The molecule has 1 saturated carbocycles. The Bertz CT molecular complexity index is 288. The maximum absolute atomic E-state index is 11.6. The molecular formula is C16H30O3. The summed E-state index contributed by atoms with van der Waals surface area (Å²) in [5.74, 6) is 1.19. The van der Waals surface area contributed by atoms with Crippen molar-refractivity contribution in [3.05, 3.63) is 0 Å². The van der Waals surface area contributed by atoms with E-state index < -0.39 is 5.60 Å². The molecule has 0 spiro atoms. The van der Waals surface area contributed by atoms with Gasteiger partial charge >= 0.3 is 0 Å². The SMILES string of the molecule is CCOC(CC(C)CCCC(C)C)C1(O)CCC1=O. The van der Waals surface area contributed by atoms with Crippen molar-refractivity contribution in [3.63, 3.8) is 0 Å². The van der Waals surface area contributed by atoms with Gasteiger partial charge in [0.2, 0.25) is 0 Å². The van der Waals surface area contributed by atoms with E-state index in [1.165, 1.54) is 12.8 Å². The highest BCUT2D eigenvalue weighted by Gasteiger charge is 2.51. The molecule has 0 heterocycles. The topological polar surface area (TPSA) is 46.5 Å². The third-order valence-electron chi connectivity index (χ3n) is 4.21. The van der Waals surface area contributed by atoms with Crippen molar-refractivity contribution in [3.8, 4) is 0 Å². The van der Waals surface area contributed by atoms with Crippen LogP contribution in [0.5, 0.6) is 0 Å². The third-order valence-corrected chi connectivity index (χ3v) is 4.21. The highest BCUT2D eigenvalue weighted by molar-refractivity contribution is 5.93. The first-order chi connectivity index (χ1) is 8.90. The molecule has 3 nitrogen and oxygen atoms in total. The second-order valence-corrected chi connectivity index (χ2v) is 6.46. The number of carbonyl (C=O) groups is 1. The van der Waals surface area contributed by atoms with Gasteiger partial charge in [-0.3, -0.25) is 4.79 Å². The predicted molar refractivity (Wildman–Crippen MR) is 77.1 cm³/mol. The van der Waals surface area contributed by atoms with E-state index in [1.807, 2.05) is 6.92 Å². The Morgan fingerprint density at radius 2 is 2.00 bits per heavy atom. The fourth-order valence-electron chi connectivity index (χ4n) is 2.78. The van der Waals surface area contributed by atoms with E-state index in [9.17, 15) is 9.90 Å².